The third kappa shape index (κ3) is 6.93. The fourth-order valence-electron chi connectivity index (χ4n) is 2.03. The van der Waals surface area contributed by atoms with Gasteiger partial charge in [0.15, 0.2) is 0 Å². The fraction of sp³-hybridized carbons (Fsp3) is 0.389. The first-order valence-corrected chi connectivity index (χ1v) is 7.08. The maximum absolute atomic E-state index is 10.6. The standard InChI is InChI=1S/C18H24O2/c1-14(2)6-4-7-15(3)12-17-9-5-8-16(13-17)10-11-18(19)20/h5-6,8-9,12-13H,4,7,10-11H2,1-3H3,(H,19,20)/b15-12+. The Morgan fingerprint density at radius 2 is 1.95 bits per heavy atom. The Morgan fingerprint density at radius 1 is 1.20 bits per heavy atom. The van der Waals surface area contributed by atoms with Gasteiger partial charge < -0.3 is 5.11 Å². The van der Waals surface area contributed by atoms with Crippen LogP contribution in [0.5, 0.6) is 0 Å². The second-order valence-electron chi connectivity index (χ2n) is 5.45. The Balaban J connectivity index is 2.64. The number of allylic oxidation sites excluding steroid dienone is 3. The molecule has 0 heterocycles. The SMILES string of the molecule is CC(C)=CCC/C(C)=C/c1cccc(CCC(=O)O)c1. The van der Waals surface area contributed by atoms with E-state index in [0.717, 1.165) is 24.0 Å². The van der Waals surface area contributed by atoms with E-state index in [2.05, 4.69) is 45.1 Å². The summed E-state index contributed by atoms with van der Waals surface area (Å²) in [4.78, 5) is 10.6. The van der Waals surface area contributed by atoms with E-state index in [4.69, 9.17) is 5.11 Å². The molecule has 0 fully saturated rings. The van der Waals surface area contributed by atoms with E-state index in [1.165, 1.54) is 11.1 Å². The molecule has 1 N–H and O–H groups in total. The molecule has 0 spiro atoms. The first-order valence-electron chi connectivity index (χ1n) is 7.08. The van der Waals surface area contributed by atoms with Crippen molar-refractivity contribution in [1.82, 2.24) is 0 Å². The van der Waals surface area contributed by atoms with Crippen LogP contribution in [0.1, 0.15) is 51.2 Å². The molecule has 2 heteroatoms. The van der Waals surface area contributed by atoms with Crippen LogP contribution < -0.4 is 0 Å². The van der Waals surface area contributed by atoms with Crippen LogP contribution in [-0.2, 0) is 11.2 Å². The smallest absolute Gasteiger partial charge is 0.303 e. The van der Waals surface area contributed by atoms with Crippen molar-refractivity contribution in [2.24, 2.45) is 0 Å². The Labute approximate surface area is 121 Å². The summed E-state index contributed by atoms with van der Waals surface area (Å²) < 4.78 is 0. The van der Waals surface area contributed by atoms with Crippen molar-refractivity contribution in [3.8, 4) is 0 Å². The van der Waals surface area contributed by atoms with Gasteiger partial charge in [-0.25, -0.2) is 0 Å². The molecule has 0 saturated heterocycles. The van der Waals surface area contributed by atoms with Crippen LogP contribution in [0.2, 0.25) is 0 Å². The molecule has 0 aliphatic rings. The lowest BCUT2D eigenvalue weighted by molar-refractivity contribution is -0.136. The molecule has 1 rings (SSSR count). The summed E-state index contributed by atoms with van der Waals surface area (Å²) in [6.07, 6.45) is 7.35. The molecule has 0 aliphatic carbocycles. The number of hydrogen-bond acceptors (Lipinski definition) is 1. The van der Waals surface area contributed by atoms with Gasteiger partial charge in [0.05, 0.1) is 0 Å². The van der Waals surface area contributed by atoms with Gasteiger partial charge in [0.2, 0.25) is 0 Å². The molecule has 0 bridgehead atoms. The zero-order valence-electron chi connectivity index (χ0n) is 12.6. The molecule has 0 aromatic heterocycles. The summed E-state index contributed by atoms with van der Waals surface area (Å²) in [5.74, 6) is -0.746. The highest BCUT2D eigenvalue weighted by molar-refractivity contribution is 5.67. The van der Waals surface area contributed by atoms with Crippen LogP contribution >= 0.6 is 0 Å². The van der Waals surface area contributed by atoms with Gasteiger partial charge in [-0.15, -0.1) is 0 Å². The number of carboxylic acid groups (broad SMARTS) is 1. The van der Waals surface area contributed by atoms with Gasteiger partial charge in [-0.1, -0.05) is 47.6 Å². The maximum Gasteiger partial charge on any atom is 0.303 e. The van der Waals surface area contributed by atoms with Crippen LogP contribution in [0.25, 0.3) is 6.08 Å². The molecule has 0 amide bonds. The lowest BCUT2D eigenvalue weighted by Gasteiger charge is -2.03. The third-order valence-corrected chi connectivity index (χ3v) is 3.08. The highest BCUT2D eigenvalue weighted by atomic mass is 16.4. The Hall–Kier alpha value is -1.83. The topological polar surface area (TPSA) is 37.3 Å². The van der Waals surface area contributed by atoms with Crippen LogP contribution in [0.15, 0.2) is 41.5 Å². The van der Waals surface area contributed by atoms with Crippen LogP contribution in [-0.4, -0.2) is 11.1 Å². The highest BCUT2D eigenvalue weighted by Gasteiger charge is 2.00. The summed E-state index contributed by atoms with van der Waals surface area (Å²) in [6, 6.07) is 8.12. The molecular weight excluding hydrogens is 248 g/mol. The van der Waals surface area contributed by atoms with Crippen LogP contribution in [0, 0.1) is 0 Å². The van der Waals surface area contributed by atoms with Gasteiger partial charge >= 0.3 is 5.97 Å². The van der Waals surface area contributed by atoms with E-state index in [9.17, 15) is 4.79 Å². The average Bonchev–Trinajstić information content (AvgIpc) is 2.36. The predicted octanol–water partition coefficient (Wildman–Crippen LogP) is 4.85. The lowest BCUT2D eigenvalue weighted by Crippen LogP contribution is -1.97. The number of carbonyl (C=O) groups is 1. The summed E-state index contributed by atoms with van der Waals surface area (Å²) in [6.45, 7) is 6.37. The van der Waals surface area contributed by atoms with Gasteiger partial charge in [0, 0.05) is 6.42 Å². The van der Waals surface area contributed by atoms with Crippen molar-refractivity contribution in [2.45, 2.75) is 46.5 Å². The fourth-order valence-corrected chi connectivity index (χ4v) is 2.03. The quantitative estimate of drug-likeness (QED) is 0.720. The van der Waals surface area contributed by atoms with Gasteiger partial charge in [0.25, 0.3) is 0 Å². The molecule has 0 atom stereocenters. The molecule has 2 nitrogen and oxygen atoms in total. The minimum atomic E-state index is -0.746. The molecule has 108 valence electrons. The molecule has 0 aliphatic heterocycles. The highest BCUT2D eigenvalue weighted by Crippen LogP contribution is 2.14. The van der Waals surface area contributed by atoms with Gasteiger partial charge in [-0.05, 0) is 51.2 Å². The molecule has 1 aromatic rings. The number of benzene rings is 1. The van der Waals surface area contributed by atoms with E-state index in [-0.39, 0.29) is 6.42 Å². The molecule has 1 aromatic carbocycles. The number of hydrogen-bond donors (Lipinski definition) is 1. The third-order valence-electron chi connectivity index (χ3n) is 3.08. The summed E-state index contributed by atoms with van der Waals surface area (Å²) >= 11 is 0. The van der Waals surface area contributed by atoms with Crippen LogP contribution in [0.4, 0.5) is 0 Å². The zero-order valence-corrected chi connectivity index (χ0v) is 12.6. The minimum absolute atomic E-state index is 0.187. The summed E-state index contributed by atoms with van der Waals surface area (Å²) in [7, 11) is 0. The van der Waals surface area contributed by atoms with Crippen molar-refractivity contribution in [3.63, 3.8) is 0 Å². The first kappa shape index (κ1) is 16.2. The molecule has 20 heavy (non-hydrogen) atoms. The summed E-state index contributed by atoms with van der Waals surface area (Å²) in [5, 5.41) is 8.71. The molecular formula is C18H24O2. The average molecular weight is 272 g/mol. The predicted molar refractivity (Wildman–Crippen MR) is 84.7 cm³/mol. The summed E-state index contributed by atoms with van der Waals surface area (Å²) in [5.41, 5.74) is 4.94. The Bertz CT molecular complexity index is 506. The molecule has 0 unspecified atom stereocenters. The number of aryl methyl sites for hydroxylation is 1. The van der Waals surface area contributed by atoms with E-state index >= 15 is 0 Å². The lowest BCUT2D eigenvalue weighted by atomic mass is 10.0. The van der Waals surface area contributed by atoms with E-state index in [1.54, 1.807) is 0 Å². The van der Waals surface area contributed by atoms with Crippen LogP contribution in [0.3, 0.4) is 0 Å². The normalized spacial score (nSPS) is 11.2. The van der Waals surface area contributed by atoms with Crippen molar-refractivity contribution in [3.05, 3.63) is 52.6 Å². The molecule has 0 saturated carbocycles. The Morgan fingerprint density at radius 3 is 2.60 bits per heavy atom. The van der Waals surface area contributed by atoms with Gasteiger partial charge in [-0.2, -0.15) is 0 Å². The van der Waals surface area contributed by atoms with E-state index < -0.39 is 5.97 Å². The largest absolute Gasteiger partial charge is 0.481 e. The van der Waals surface area contributed by atoms with Gasteiger partial charge in [0.1, 0.15) is 0 Å². The van der Waals surface area contributed by atoms with Crippen molar-refractivity contribution in [2.75, 3.05) is 0 Å². The first-order chi connectivity index (χ1) is 9.47. The van der Waals surface area contributed by atoms with E-state index in [1.807, 2.05) is 12.1 Å². The minimum Gasteiger partial charge on any atom is -0.481 e. The van der Waals surface area contributed by atoms with Crippen molar-refractivity contribution < 1.29 is 9.90 Å². The van der Waals surface area contributed by atoms with E-state index in [0.29, 0.717) is 6.42 Å². The van der Waals surface area contributed by atoms with Crippen molar-refractivity contribution in [1.29, 1.82) is 0 Å². The number of carboxylic acids is 1. The number of rotatable bonds is 7. The Kier molecular flexibility index (Phi) is 6.78. The van der Waals surface area contributed by atoms with Gasteiger partial charge in [-0.3, -0.25) is 4.79 Å². The second kappa shape index (κ2) is 8.36. The van der Waals surface area contributed by atoms with Crippen molar-refractivity contribution >= 4 is 12.0 Å². The zero-order chi connectivity index (χ0) is 15.0. The number of aliphatic carboxylic acids is 1. The maximum atomic E-state index is 10.6. The second-order valence-corrected chi connectivity index (χ2v) is 5.45. The monoisotopic (exact) mass is 272 g/mol. The molecule has 0 radical (unpaired) electrons.